The van der Waals surface area contributed by atoms with E-state index >= 15 is 0 Å². The third-order valence-corrected chi connectivity index (χ3v) is 6.10. The highest BCUT2D eigenvalue weighted by Gasteiger charge is 2.49. The number of hydrogen-bond donors (Lipinski definition) is 1. The van der Waals surface area contributed by atoms with Crippen molar-refractivity contribution < 1.29 is 14.3 Å². The van der Waals surface area contributed by atoms with Crippen molar-refractivity contribution in [2.75, 3.05) is 0 Å². The molecule has 0 aliphatic carbocycles. The Morgan fingerprint density at radius 2 is 1.69 bits per heavy atom. The van der Waals surface area contributed by atoms with E-state index in [-0.39, 0.29) is 17.8 Å². The summed E-state index contributed by atoms with van der Waals surface area (Å²) in [6, 6.07) is 9.58. The fraction of sp³-hybridized carbons (Fsp3) is 0.583. The highest BCUT2D eigenvalue weighted by molar-refractivity contribution is 5.80. The van der Waals surface area contributed by atoms with Gasteiger partial charge in [0.25, 0.3) is 0 Å². The standard InChI is InChI=1S/C24H32N2O3/c1-2-3-4-5-6-7-8-9-10-13-17-19(16-25)23(26)29-22-18-14-11-12-15-20(18)28-24(27)21(17)22/h11-12,14-15,17,21-22H,2-10,13,26H2,1H3. The smallest absolute Gasteiger partial charge is 0.319 e. The maximum atomic E-state index is 12.8. The molecule has 2 N–H and O–H groups in total. The zero-order chi connectivity index (χ0) is 20.6. The summed E-state index contributed by atoms with van der Waals surface area (Å²) in [6.45, 7) is 2.23. The first-order chi connectivity index (χ1) is 14.2. The number of esters is 1. The minimum absolute atomic E-state index is 0.152. The Morgan fingerprint density at radius 3 is 2.38 bits per heavy atom. The molecule has 3 atom stereocenters. The molecule has 1 aromatic carbocycles. The Morgan fingerprint density at radius 1 is 1.03 bits per heavy atom. The average molecular weight is 397 g/mol. The number of nitriles is 1. The lowest BCUT2D eigenvalue weighted by Gasteiger charge is -2.40. The average Bonchev–Trinajstić information content (AvgIpc) is 2.72. The molecule has 2 aliphatic rings. The fourth-order valence-corrected chi connectivity index (χ4v) is 4.51. The van der Waals surface area contributed by atoms with E-state index in [0.717, 1.165) is 24.8 Å². The summed E-state index contributed by atoms with van der Waals surface area (Å²) in [5.74, 6) is -0.409. The minimum atomic E-state index is -0.513. The molecule has 156 valence electrons. The number of nitrogens with zero attached hydrogens (tertiary/aromatic N) is 1. The molecule has 0 saturated heterocycles. The van der Waals surface area contributed by atoms with Gasteiger partial charge in [0.15, 0.2) is 5.88 Å². The zero-order valence-electron chi connectivity index (χ0n) is 17.4. The molecule has 0 bridgehead atoms. The molecule has 5 nitrogen and oxygen atoms in total. The van der Waals surface area contributed by atoms with Crippen molar-refractivity contribution in [1.29, 1.82) is 5.26 Å². The van der Waals surface area contributed by atoms with Crippen LogP contribution in [0.2, 0.25) is 0 Å². The van der Waals surface area contributed by atoms with E-state index in [1.807, 2.05) is 18.2 Å². The molecular weight excluding hydrogens is 364 g/mol. The van der Waals surface area contributed by atoms with Crippen LogP contribution in [0, 0.1) is 23.2 Å². The number of fused-ring (bicyclic) bond motifs is 3. The molecule has 2 heterocycles. The van der Waals surface area contributed by atoms with Crippen molar-refractivity contribution in [3.05, 3.63) is 41.3 Å². The van der Waals surface area contributed by atoms with Gasteiger partial charge >= 0.3 is 5.97 Å². The van der Waals surface area contributed by atoms with Gasteiger partial charge < -0.3 is 15.2 Å². The van der Waals surface area contributed by atoms with Gasteiger partial charge in [0.05, 0.1) is 5.57 Å². The van der Waals surface area contributed by atoms with Crippen molar-refractivity contribution >= 4 is 5.97 Å². The van der Waals surface area contributed by atoms with Crippen LogP contribution in [0.4, 0.5) is 0 Å². The molecule has 0 saturated carbocycles. The number of hydrogen-bond acceptors (Lipinski definition) is 5. The maximum absolute atomic E-state index is 12.8. The van der Waals surface area contributed by atoms with Gasteiger partial charge in [-0.1, -0.05) is 82.9 Å². The Labute approximate surface area is 173 Å². The summed E-state index contributed by atoms with van der Waals surface area (Å²) in [5.41, 5.74) is 7.30. The zero-order valence-corrected chi connectivity index (χ0v) is 17.4. The Kier molecular flexibility index (Phi) is 7.57. The first kappa shape index (κ1) is 21.2. The largest absolute Gasteiger partial charge is 0.469 e. The summed E-state index contributed by atoms with van der Waals surface area (Å²) >= 11 is 0. The number of para-hydroxylation sites is 1. The van der Waals surface area contributed by atoms with E-state index in [1.54, 1.807) is 6.07 Å². The van der Waals surface area contributed by atoms with E-state index in [4.69, 9.17) is 15.2 Å². The van der Waals surface area contributed by atoms with Crippen LogP contribution in [0.3, 0.4) is 0 Å². The number of unbranched alkanes of at least 4 members (excludes halogenated alkanes) is 8. The number of carbonyl (C=O) groups is 1. The molecule has 1 aromatic rings. The van der Waals surface area contributed by atoms with Gasteiger partial charge in [0.1, 0.15) is 23.8 Å². The van der Waals surface area contributed by atoms with Crippen LogP contribution in [0.5, 0.6) is 5.75 Å². The first-order valence-corrected chi connectivity index (χ1v) is 11.0. The number of rotatable bonds is 10. The van der Waals surface area contributed by atoms with Gasteiger partial charge in [0.2, 0.25) is 0 Å². The molecule has 0 fully saturated rings. The van der Waals surface area contributed by atoms with Crippen LogP contribution in [-0.2, 0) is 9.53 Å². The summed E-state index contributed by atoms with van der Waals surface area (Å²) < 4.78 is 11.4. The van der Waals surface area contributed by atoms with Crippen LogP contribution in [0.25, 0.3) is 0 Å². The summed E-state index contributed by atoms with van der Waals surface area (Å²) in [4.78, 5) is 12.8. The lowest BCUT2D eigenvalue weighted by atomic mass is 9.74. The Hall–Kier alpha value is -2.48. The Bertz CT molecular complexity index is 781. The van der Waals surface area contributed by atoms with Crippen molar-refractivity contribution in [3.8, 4) is 11.8 Å². The molecular formula is C24H32N2O3. The third kappa shape index (κ3) is 4.93. The molecule has 2 aliphatic heterocycles. The fourth-order valence-electron chi connectivity index (χ4n) is 4.51. The second kappa shape index (κ2) is 10.3. The summed E-state index contributed by atoms with van der Waals surface area (Å²) in [5, 5.41) is 9.63. The van der Waals surface area contributed by atoms with Crippen molar-refractivity contribution in [3.63, 3.8) is 0 Å². The molecule has 0 radical (unpaired) electrons. The van der Waals surface area contributed by atoms with E-state index in [2.05, 4.69) is 13.0 Å². The molecule has 0 spiro atoms. The van der Waals surface area contributed by atoms with Gasteiger partial charge in [-0.15, -0.1) is 0 Å². The predicted octanol–water partition coefficient (Wildman–Crippen LogP) is 5.52. The first-order valence-electron chi connectivity index (χ1n) is 11.0. The van der Waals surface area contributed by atoms with Crippen LogP contribution >= 0.6 is 0 Å². The lowest BCUT2D eigenvalue weighted by Crippen LogP contribution is -2.42. The molecule has 29 heavy (non-hydrogen) atoms. The number of nitrogens with two attached hydrogens (primary N) is 1. The highest BCUT2D eigenvalue weighted by atomic mass is 16.6. The molecule has 3 rings (SSSR count). The number of allylic oxidation sites excluding steroid dienone is 1. The predicted molar refractivity (Wildman–Crippen MR) is 112 cm³/mol. The van der Waals surface area contributed by atoms with Crippen LogP contribution in [0.1, 0.15) is 82.8 Å². The van der Waals surface area contributed by atoms with Gasteiger partial charge in [-0.25, -0.2) is 0 Å². The molecule has 5 heteroatoms. The Balaban J connectivity index is 1.60. The quantitative estimate of drug-likeness (QED) is 0.319. The monoisotopic (exact) mass is 396 g/mol. The topological polar surface area (TPSA) is 85.3 Å². The lowest BCUT2D eigenvalue weighted by molar-refractivity contribution is -0.150. The van der Waals surface area contributed by atoms with Gasteiger partial charge in [0, 0.05) is 11.5 Å². The molecule has 0 amide bonds. The number of ether oxygens (including phenoxy) is 2. The highest BCUT2D eigenvalue weighted by Crippen LogP contribution is 2.48. The maximum Gasteiger partial charge on any atom is 0.319 e. The van der Waals surface area contributed by atoms with Crippen LogP contribution in [-0.4, -0.2) is 5.97 Å². The van der Waals surface area contributed by atoms with E-state index in [9.17, 15) is 10.1 Å². The number of benzene rings is 1. The van der Waals surface area contributed by atoms with Gasteiger partial charge in [-0.05, 0) is 12.5 Å². The number of carbonyl (C=O) groups excluding carboxylic acids is 1. The van der Waals surface area contributed by atoms with E-state index in [0.29, 0.717) is 11.3 Å². The normalized spacial score (nSPS) is 22.9. The van der Waals surface area contributed by atoms with Crippen molar-refractivity contribution in [2.45, 2.75) is 77.2 Å². The van der Waals surface area contributed by atoms with E-state index in [1.165, 1.54) is 44.9 Å². The third-order valence-electron chi connectivity index (χ3n) is 6.10. The van der Waals surface area contributed by atoms with Gasteiger partial charge in [-0.3, -0.25) is 4.79 Å². The summed E-state index contributed by atoms with van der Waals surface area (Å²) in [6.07, 6.45) is 11.3. The SMILES string of the molecule is CCCCCCCCCCCC1C(C#N)=C(N)OC2c3ccccc3OC(=O)C12. The van der Waals surface area contributed by atoms with Crippen LogP contribution in [0.15, 0.2) is 35.7 Å². The minimum Gasteiger partial charge on any atom is -0.469 e. The van der Waals surface area contributed by atoms with Crippen LogP contribution < -0.4 is 10.5 Å². The molecule has 0 aromatic heterocycles. The second-order valence-corrected chi connectivity index (χ2v) is 8.14. The summed E-state index contributed by atoms with van der Waals surface area (Å²) in [7, 11) is 0. The van der Waals surface area contributed by atoms with Crippen molar-refractivity contribution in [2.24, 2.45) is 17.6 Å². The molecule has 3 unspecified atom stereocenters. The van der Waals surface area contributed by atoms with E-state index < -0.39 is 12.0 Å². The van der Waals surface area contributed by atoms with Crippen molar-refractivity contribution in [1.82, 2.24) is 0 Å². The van der Waals surface area contributed by atoms with Gasteiger partial charge in [-0.2, -0.15) is 5.26 Å². The second-order valence-electron chi connectivity index (χ2n) is 8.14.